The van der Waals surface area contributed by atoms with Gasteiger partial charge in [0.1, 0.15) is 0 Å². The number of nitrogens with zero attached hydrogens (tertiary/aromatic N) is 2. The normalized spacial score (nSPS) is 10.8. The minimum atomic E-state index is -0.0779. The van der Waals surface area contributed by atoms with Crippen LogP contribution in [0.5, 0.6) is 0 Å². The van der Waals surface area contributed by atoms with Gasteiger partial charge in [-0.3, -0.25) is 4.79 Å². The van der Waals surface area contributed by atoms with Crippen molar-refractivity contribution >= 4 is 5.91 Å². The Morgan fingerprint density at radius 2 is 1.84 bits per heavy atom. The Balaban J connectivity index is 2.32. The average molecular weight is 257 g/mol. The summed E-state index contributed by atoms with van der Waals surface area (Å²) in [6, 6.07) is 8.18. The fourth-order valence-electron chi connectivity index (χ4n) is 1.92. The highest BCUT2D eigenvalue weighted by Crippen LogP contribution is 2.14. The van der Waals surface area contributed by atoms with Crippen LogP contribution in [0, 0.1) is 13.8 Å². The standard InChI is InChI=1S/C15H19N3O/c1-10(2)17-15(19)14-9-16-18(12(14)4)13-7-5-11(3)6-8-13/h5-10H,1-4H3,(H,17,19). The van der Waals surface area contributed by atoms with E-state index in [-0.39, 0.29) is 11.9 Å². The number of carbonyl (C=O) groups is 1. The first kappa shape index (κ1) is 13.3. The van der Waals surface area contributed by atoms with Crippen molar-refractivity contribution in [3.63, 3.8) is 0 Å². The molecular weight excluding hydrogens is 238 g/mol. The zero-order valence-electron chi connectivity index (χ0n) is 11.8. The first-order valence-corrected chi connectivity index (χ1v) is 6.41. The van der Waals surface area contributed by atoms with Gasteiger partial charge in [-0.1, -0.05) is 17.7 Å². The van der Waals surface area contributed by atoms with Crippen LogP contribution >= 0.6 is 0 Å². The average Bonchev–Trinajstić information content (AvgIpc) is 2.71. The van der Waals surface area contributed by atoms with Gasteiger partial charge < -0.3 is 5.32 Å². The van der Waals surface area contributed by atoms with E-state index in [9.17, 15) is 4.79 Å². The minimum absolute atomic E-state index is 0.0779. The molecule has 19 heavy (non-hydrogen) atoms. The van der Waals surface area contributed by atoms with Crippen LogP contribution in [0.1, 0.15) is 35.5 Å². The van der Waals surface area contributed by atoms with Gasteiger partial charge in [0, 0.05) is 6.04 Å². The third-order valence-electron chi connectivity index (χ3n) is 2.95. The first-order chi connectivity index (χ1) is 8.99. The Bertz CT molecular complexity index is 582. The van der Waals surface area contributed by atoms with Gasteiger partial charge in [-0.25, -0.2) is 4.68 Å². The monoisotopic (exact) mass is 257 g/mol. The van der Waals surface area contributed by atoms with E-state index >= 15 is 0 Å². The summed E-state index contributed by atoms with van der Waals surface area (Å²) in [6.45, 7) is 7.83. The molecule has 2 aromatic rings. The lowest BCUT2D eigenvalue weighted by atomic mass is 10.2. The summed E-state index contributed by atoms with van der Waals surface area (Å²) >= 11 is 0. The minimum Gasteiger partial charge on any atom is -0.350 e. The van der Waals surface area contributed by atoms with E-state index in [0.29, 0.717) is 5.56 Å². The Labute approximate surface area is 113 Å². The number of aromatic nitrogens is 2. The zero-order chi connectivity index (χ0) is 14.0. The summed E-state index contributed by atoms with van der Waals surface area (Å²) in [6.07, 6.45) is 1.62. The summed E-state index contributed by atoms with van der Waals surface area (Å²) in [5, 5.41) is 7.18. The molecule has 1 N–H and O–H groups in total. The molecule has 4 heteroatoms. The van der Waals surface area contributed by atoms with Gasteiger partial charge in [0.25, 0.3) is 5.91 Å². The number of benzene rings is 1. The molecule has 0 saturated heterocycles. The molecule has 4 nitrogen and oxygen atoms in total. The molecule has 0 radical (unpaired) electrons. The highest BCUT2D eigenvalue weighted by molar-refractivity contribution is 5.95. The number of hydrogen-bond donors (Lipinski definition) is 1. The van der Waals surface area contributed by atoms with Gasteiger partial charge >= 0.3 is 0 Å². The van der Waals surface area contributed by atoms with Crippen molar-refractivity contribution in [1.29, 1.82) is 0 Å². The molecule has 0 bridgehead atoms. The molecule has 100 valence electrons. The number of carbonyl (C=O) groups excluding carboxylic acids is 1. The van der Waals surface area contributed by atoms with E-state index in [1.165, 1.54) is 5.56 Å². The SMILES string of the molecule is Cc1ccc(-n2ncc(C(=O)NC(C)C)c2C)cc1. The summed E-state index contributed by atoms with van der Waals surface area (Å²) in [5.74, 6) is -0.0779. The number of amides is 1. The molecule has 0 atom stereocenters. The van der Waals surface area contributed by atoms with Crippen LogP contribution in [-0.4, -0.2) is 21.7 Å². The lowest BCUT2D eigenvalue weighted by Gasteiger charge is -2.08. The number of rotatable bonds is 3. The second-order valence-corrected chi connectivity index (χ2v) is 5.02. The van der Waals surface area contributed by atoms with Gasteiger partial charge in [0.05, 0.1) is 23.1 Å². The Morgan fingerprint density at radius 1 is 1.21 bits per heavy atom. The van der Waals surface area contributed by atoms with E-state index < -0.39 is 0 Å². The van der Waals surface area contributed by atoms with Crippen molar-refractivity contribution in [2.24, 2.45) is 0 Å². The molecule has 0 fully saturated rings. The number of nitrogens with one attached hydrogen (secondary N) is 1. The second kappa shape index (κ2) is 5.26. The summed E-state index contributed by atoms with van der Waals surface area (Å²) < 4.78 is 1.79. The molecule has 0 unspecified atom stereocenters. The molecule has 2 rings (SSSR count). The molecule has 0 aliphatic carbocycles. The van der Waals surface area contributed by atoms with E-state index in [1.54, 1.807) is 10.9 Å². The summed E-state index contributed by atoms with van der Waals surface area (Å²) in [4.78, 5) is 12.0. The van der Waals surface area contributed by atoms with Crippen LogP contribution < -0.4 is 5.32 Å². The van der Waals surface area contributed by atoms with Crippen molar-refractivity contribution in [2.75, 3.05) is 0 Å². The molecule has 1 aromatic carbocycles. The van der Waals surface area contributed by atoms with E-state index in [1.807, 2.05) is 52.0 Å². The van der Waals surface area contributed by atoms with Crippen molar-refractivity contribution in [3.8, 4) is 5.69 Å². The van der Waals surface area contributed by atoms with E-state index in [2.05, 4.69) is 10.4 Å². The third kappa shape index (κ3) is 2.84. The molecule has 0 spiro atoms. The molecule has 0 saturated carbocycles. The number of aryl methyl sites for hydroxylation is 1. The molecule has 1 heterocycles. The highest BCUT2D eigenvalue weighted by atomic mass is 16.1. The predicted molar refractivity (Wildman–Crippen MR) is 75.6 cm³/mol. The Kier molecular flexibility index (Phi) is 3.69. The van der Waals surface area contributed by atoms with E-state index in [0.717, 1.165) is 11.4 Å². The van der Waals surface area contributed by atoms with Crippen LogP contribution in [0.15, 0.2) is 30.5 Å². The van der Waals surface area contributed by atoms with Gasteiger partial charge in [-0.05, 0) is 39.8 Å². The van der Waals surface area contributed by atoms with Gasteiger partial charge in [-0.2, -0.15) is 5.10 Å². The van der Waals surface area contributed by atoms with Crippen LogP contribution in [-0.2, 0) is 0 Å². The smallest absolute Gasteiger partial charge is 0.254 e. The van der Waals surface area contributed by atoms with Crippen molar-refractivity contribution in [2.45, 2.75) is 33.7 Å². The quantitative estimate of drug-likeness (QED) is 0.918. The van der Waals surface area contributed by atoms with Crippen molar-refractivity contribution in [1.82, 2.24) is 15.1 Å². The maximum absolute atomic E-state index is 12.0. The van der Waals surface area contributed by atoms with Crippen LogP contribution in [0.3, 0.4) is 0 Å². The topological polar surface area (TPSA) is 46.9 Å². The summed E-state index contributed by atoms with van der Waals surface area (Å²) in [5.41, 5.74) is 3.63. The van der Waals surface area contributed by atoms with Gasteiger partial charge in [0.2, 0.25) is 0 Å². The maximum Gasteiger partial charge on any atom is 0.254 e. The Hall–Kier alpha value is -2.10. The zero-order valence-corrected chi connectivity index (χ0v) is 11.8. The second-order valence-electron chi connectivity index (χ2n) is 5.02. The van der Waals surface area contributed by atoms with Crippen LogP contribution in [0.25, 0.3) is 5.69 Å². The third-order valence-corrected chi connectivity index (χ3v) is 2.95. The molecule has 1 aromatic heterocycles. The largest absolute Gasteiger partial charge is 0.350 e. The lowest BCUT2D eigenvalue weighted by molar-refractivity contribution is 0.0942. The highest BCUT2D eigenvalue weighted by Gasteiger charge is 2.15. The molecule has 0 aliphatic rings. The van der Waals surface area contributed by atoms with Crippen LogP contribution in [0.4, 0.5) is 0 Å². The van der Waals surface area contributed by atoms with E-state index in [4.69, 9.17) is 0 Å². The molecular formula is C15H19N3O. The van der Waals surface area contributed by atoms with Gasteiger partial charge in [0.15, 0.2) is 0 Å². The van der Waals surface area contributed by atoms with Crippen molar-refractivity contribution < 1.29 is 4.79 Å². The van der Waals surface area contributed by atoms with Crippen LogP contribution in [0.2, 0.25) is 0 Å². The maximum atomic E-state index is 12.0. The molecule has 0 aliphatic heterocycles. The lowest BCUT2D eigenvalue weighted by Crippen LogP contribution is -2.30. The molecule has 1 amide bonds. The van der Waals surface area contributed by atoms with Crippen molar-refractivity contribution in [3.05, 3.63) is 47.3 Å². The Morgan fingerprint density at radius 3 is 2.42 bits per heavy atom. The predicted octanol–water partition coefficient (Wildman–Crippen LogP) is 2.63. The fraction of sp³-hybridized carbons (Fsp3) is 0.333. The fourth-order valence-corrected chi connectivity index (χ4v) is 1.92. The first-order valence-electron chi connectivity index (χ1n) is 6.41. The summed E-state index contributed by atoms with van der Waals surface area (Å²) in [7, 11) is 0. The van der Waals surface area contributed by atoms with Gasteiger partial charge in [-0.15, -0.1) is 0 Å². The number of hydrogen-bond acceptors (Lipinski definition) is 2.